The molecule has 3 rings (SSSR count). The molecule has 0 bridgehead atoms. The first kappa shape index (κ1) is 12.9. The third-order valence-corrected chi connectivity index (χ3v) is 5.32. The highest BCUT2D eigenvalue weighted by atomic mass is 15.3. The fourth-order valence-corrected chi connectivity index (χ4v) is 4.09. The summed E-state index contributed by atoms with van der Waals surface area (Å²) in [5, 5.41) is 3.49. The number of rotatable bonds is 3. The zero-order valence-corrected chi connectivity index (χ0v) is 12.0. The maximum absolute atomic E-state index is 3.49. The largest absolute Gasteiger partial charge is 0.317 e. The Morgan fingerprint density at radius 1 is 1.11 bits per heavy atom. The molecular formula is C15H29N3. The topological polar surface area (TPSA) is 18.5 Å². The van der Waals surface area contributed by atoms with Crippen molar-refractivity contribution in [3.05, 3.63) is 0 Å². The van der Waals surface area contributed by atoms with Gasteiger partial charge in [0, 0.05) is 19.1 Å². The van der Waals surface area contributed by atoms with Crippen LogP contribution in [0.2, 0.25) is 0 Å². The summed E-state index contributed by atoms with van der Waals surface area (Å²) in [5.74, 6) is 0. The second-order valence-corrected chi connectivity index (χ2v) is 6.98. The van der Waals surface area contributed by atoms with Crippen LogP contribution in [0.4, 0.5) is 0 Å². The molecule has 0 saturated carbocycles. The number of nitrogens with one attached hydrogen (secondary N) is 1. The van der Waals surface area contributed by atoms with E-state index >= 15 is 0 Å². The van der Waals surface area contributed by atoms with Crippen LogP contribution in [0, 0.1) is 5.41 Å². The lowest BCUT2D eigenvalue weighted by molar-refractivity contribution is 0.137. The summed E-state index contributed by atoms with van der Waals surface area (Å²) in [6, 6.07) is 0.873. The standard InChI is InChI=1S/C15H29N3/c1-15(5-7-16-8-6-15)13-17-11-4-14(12-17)18-9-2-3-10-18/h14,16H,2-13H2,1H3. The lowest BCUT2D eigenvalue weighted by atomic mass is 9.80. The van der Waals surface area contributed by atoms with Crippen LogP contribution in [0.25, 0.3) is 0 Å². The minimum absolute atomic E-state index is 0.575. The molecule has 1 unspecified atom stereocenters. The highest BCUT2D eigenvalue weighted by Crippen LogP contribution is 2.31. The van der Waals surface area contributed by atoms with Gasteiger partial charge in [-0.3, -0.25) is 4.90 Å². The van der Waals surface area contributed by atoms with Crippen molar-refractivity contribution in [2.75, 3.05) is 45.8 Å². The predicted molar refractivity (Wildman–Crippen MR) is 75.9 cm³/mol. The summed E-state index contributed by atoms with van der Waals surface area (Å²) in [5.41, 5.74) is 0.575. The third-order valence-electron chi connectivity index (χ3n) is 5.32. The van der Waals surface area contributed by atoms with Crippen LogP contribution < -0.4 is 5.32 Å². The summed E-state index contributed by atoms with van der Waals surface area (Å²) in [6.07, 6.45) is 6.99. The quantitative estimate of drug-likeness (QED) is 0.821. The fourth-order valence-electron chi connectivity index (χ4n) is 4.09. The van der Waals surface area contributed by atoms with E-state index < -0.39 is 0 Å². The molecular weight excluding hydrogens is 222 g/mol. The zero-order chi connectivity index (χ0) is 12.4. The van der Waals surface area contributed by atoms with Crippen molar-refractivity contribution in [1.82, 2.24) is 15.1 Å². The van der Waals surface area contributed by atoms with Crippen LogP contribution in [0.15, 0.2) is 0 Å². The van der Waals surface area contributed by atoms with E-state index in [9.17, 15) is 0 Å². The maximum atomic E-state index is 3.49. The van der Waals surface area contributed by atoms with Gasteiger partial charge in [0.2, 0.25) is 0 Å². The Morgan fingerprint density at radius 2 is 1.83 bits per heavy atom. The van der Waals surface area contributed by atoms with E-state index in [0.717, 1.165) is 6.04 Å². The van der Waals surface area contributed by atoms with Gasteiger partial charge in [-0.15, -0.1) is 0 Å². The average molecular weight is 251 g/mol. The Labute approximate surface area is 112 Å². The van der Waals surface area contributed by atoms with Crippen LogP contribution in [0.3, 0.4) is 0 Å². The van der Waals surface area contributed by atoms with Crippen molar-refractivity contribution >= 4 is 0 Å². The summed E-state index contributed by atoms with van der Waals surface area (Å²) >= 11 is 0. The van der Waals surface area contributed by atoms with Gasteiger partial charge in [-0.1, -0.05) is 6.92 Å². The molecule has 3 aliphatic heterocycles. The average Bonchev–Trinajstić information content (AvgIpc) is 2.99. The molecule has 3 aliphatic rings. The van der Waals surface area contributed by atoms with Crippen molar-refractivity contribution < 1.29 is 0 Å². The molecule has 1 atom stereocenters. The van der Waals surface area contributed by atoms with Crippen LogP contribution in [-0.2, 0) is 0 Å². The summed E-state index contributed by atoms with van der Waals surface area (Å²) in [7, 11) is 0. The monoisotopic (exact) mass is 251 g/mol. The Kier molecular flexibility index (Phi) is 3.92. The number of hydrogen-bond donors (Lipinski definition) is 1. The highest BCUT2D eigenvalue weighted by Gasteiger charge is 2.34. The fraction of sp³-hybridized carbons (Fsp3) is 1.00. The molecule has 0 amide bonds. The number of likely N-dealkylation sites (tertiary alicyclic amines) is 2. The zero-order valence-electron chi connectivity index (χ0n) is 12.0. The van der Waals surface area contributed by atoms with Gasteiger partial charge >= 0.3 is 0 Å². The van der Waals surface area contributed by atoms with Gasteiger partial charge in [-0.2, -0.15) is 0 Å². The van der Waals surface area contributed by atoms with E-state index in [1.165, 1.54) is 77.9 Å². The lowest BCUT2D eigenvalue weighted by Gasteiger charge is -2.37. The van der Waals surface area contributed by atoms with E-state index in [0.29, 0.717) is 5.41 Å². The molecule has 3 heteroatoms. The van der Waals surface area contributed by atoms with Crippen LogP contribution in [0.5, 0.6) is 0 Å². The SMILES string of the molecule is CC1(CN2CCC(N3CCCC3)C2)CCNCC1. The third kappa shape index (κ3) is 2.89. The van der Waals surface area contributed by atoms with Gasteiger partial charge in [0.25, 0.3) is 0 Å². The molecule has 3 fully saturated rings. The van der Waals surface area contributed by atoms with E-state index in [1.54, 1.807) is 0 Å². The molecule has 104 valence electrons. The van der Waals surface area contributed by atoms with E-state index in [-0.39, 0.29) is 0 Å². The minimum atomic E-state index is 0.575. The highest BCUT2D eigenvalue weighted by molar-refractivity contribution is 4.90. The number of hydrogen-bond acceptors (Lipinski definition) is 3. The normalized spacial score (nSPS) is 34.2. The van der Waals surface area contributed by atoms with Crippen LogP contribution >= 0.6 is 0 Å². The van der Waals surface area contributed by atoms with Gasteiger partial charge in [-0.05, 0) is 70.2 Å². The lowest BCUT2D eigenvalue weighted by Crippen LogP contribution is -2.43. The Hall–Kier alpha value is -0.120. The second kappa shape index (κ2) is 5.48. The summed E-state index contributed by atoms with van der Waals surface area (Å²) < 4.78 is 0. The van der Waals surface area contributed by atoms with Gasteiger partial charge in [0.05, 0.1) is 0 Å². The first-order valence-electron chi connectivity index (χ1n) is 7.92. The molecule has 0 radical (unpaired) electrons. The molecule has 3 heterocycles. The van der Waals surface area contributed by atoms with Gasteiger partial charge in [-0.25, -0.2) is 0 Å². The van der Waals surface area contributed by atoms with Crippen molar-refractivity contribution in [2.24, 2.45) is 5.41 Å². The second-order valence-electron chi connectivity index (χ2n) is 6.98. The van der Waals surface area contributed by atoms with Gasteiger partial charge in [0.15, 0.2) is 0 Å². The molecule has 0 aliphatic carbocycles. The Morgan fingerprint density at radius 3 is 2.56 bits per heavy atom. The first-order chi connectivity index (χ1) is 8.75. The van der Waals surface area contributed by atoms with Gasteiger partial charge in [0.1, 0.15) is 0 Å². The molecule has 1 N–H and O–H groups in total. The Balaban J connectivity index is 1.49. The molecule has 0 aromatic carbocycles. The minimum Gasteiger partial charge on any atom is -0.317 e. The van der Waals surface area contributed by atoms with Crippen LogP contribution in [-0.4, -0.2) is 61.7 Å². The maximum Gasteiger partial charge on any atom is 0.0235 e. The summed E-state index contributed by atoms with van der Waals surface area (Å²) in [6.45, 7) is 11.7. The molecule has 0 aromatic heterocycles. The van der Waals surface area contributed by atoms with Crippen molar-refractivity contribution in [3.8, 4) is 0 Å². The molecule has 0 spiro atoms. The number of piperidine rings is 1. The van der Waals surface area contributed by atoms with E-state index in [2.05, 4.69) is 22.0 Å². The summed E-state index contributed by atoms with van der Waals surface area (Å²) in [4.78, 5) is 5.49. The molecule has 0 aromatic rings. The van der Waals surface area contributed by atoms with Crippen molar-refractivity contribution in [3.63, 3.8) is 0 Å². The molecule has 3 saturated heterocycles. The van der Waals surface area contributed by atoms with E-state index in [4.69, 9.17) is 0 Å². The smallest absolute Gasteiger partial charge is 0.0235 e. The van der Waals surface area contributed by atoms with E-state index in [1.807, 2.05) is 0 Å². The van der Waals surface area contributed by atoms with Crippen molar-refractivity contribution in [2.45, 2.75) is 45.1 Å². The first-order valence-corrected chi connectivity index (χ1v) is 7.92. The molecule has 3 nitrogen and oxygen atoms in total. The van der Waals surface area contributed by atoms with Crippen LogP contribution in [0.1, 0.15) is 39.0 Å². The van der Waals surface area contributed by atoms with Gasteiger partial charge < -0.3 is 10.2 Å². The number of nitrogens with zero attached hydrogens (tertiary/aromatic N) is 2. The molecule has 18 heavy (non-hydrogen) atoms. The Bertz CT molecular complexity index is 267. The predicted octanol–water partition coefficient (Wildman–Crippen LogP) is 1.55. The van der Waals surface area contributed by atoms with Crippen molar-refractivity contribution in [1.29, 1.82) is 0 Å².